The van der Waals surface area contributed by atoms with E-state index in [-0.39, 0.29) is 23.5 Å². The molecule has 2 aromatic carbocycles. The number of ether oxygens (including phenoxy) is 1. The van der Waals surface area contributed by atoms with Crippen molar-refractivity contribution in [2.24, 2.45) is 5.92 Å². The van der Waals surface area contributed by atoms with Gasteiger partial charge in [-0.25, -0.2) is 9.37 Å². The molecule has 1 unspecified atom stereocenters. The van der Waals surface area contributed by atoms with Crippen molar-refractivity contribution in [2.75, 3.05) is 35.7 Å². The van der Waals surface area contributed by atoms with Crippen LogP contribution in [-0.4, -0.2) is 37.0 Å². The van der Waals surface area contributed by atoms with E-state index in [0.29, 0.717) is 23.7 Å². The first kappa shape index (κ1) is 21.0. The second kappa shape index (κ2) is 8.89. The van der Waals surface area contributed by atoms with E-state index in [1.807, 2.05) is 0 Å². The van der Waals surface area contributed by atoms with Gasteiger partial charge >= 0.3 is 0 Å². The number of carbonyl (C=O) groups is 2. The number of fused-ring (bicyclic) bond motifs is 1. The van der Waals surface area contributed by atoms with Crippen molar-refractivity contribution < 1.29 is 18.7 Å². The van der Waals surface area contributed by atoms with Crippen molar-refractivity contribution >= 4 is 49.9 Å². The molecule has 31 heavy (non-hydrogen) atoms. The number of rotatable bonds is 5. The average molecular weight is 443 g/mol. The first-order valence-corrected chi connectivity index (χ1v) is 10.8. The maximum absolute atomic E-state index is 13.5. The van der Waals surface area contributed by atoms with Crippen LogP contribution in [0.25, 0.3) is 10.2 Å². The van der Waals surface area contributed by atoms with Gasteiger partial charge in [-0.1, -0.05) is 11.3 Å². The topological polar surface area (TPSA) is 83.6 Å². The standard InChI is InChI=1S/C22H23FN4O3S/c1-13(28)24-16-6-8-19(30-2)18(11-16)25-21(29)14-4-3-9-27(12-14)22-26-17-7-5-15(23)10-20(17)31-22/h5-8,10-11,14H,3-4,9,12H2,1-2H3,(H,24,28)(H,25,29). The van der Waals surface area contributed by atoms with Gasteiger partial charge in [0, 0.05) is 25.7 Å². The van der Waals surface area contributed by atoms with E-state index in [0.717, 1.165) is 34.7 Å². The number of hydrogen-bond donors (Lipinski definition) is 2. The molecule has 0 saturated carbocycles. The van der Waals surface area contributed by atoms with Crippen molar-refractivity contribution in [3.05, 3.63) is 42.2 Å². The molecule has 0 spiro atoms. The quantitative estimate of drug-likeness (QED) is 0.617. The second-order valence-corrected chi connectivity index (χ2v) is 8.49. The molecule has 7 nitrogen and oxygen atoms in total. The predicted molar refractivity (Wildman–Crippen MR) is 120 cm³/mol. The summed E-state index contributed by atoms with van der Waals surface area (Å²) in [5, 5.41) is 6.44. The maximum atomic E-state index is 13.5. The summed E-state index contributed by atoms with van der Waals surface area (Å²) in [5.74, 6) is -0.305. The summed E-state index contributed by atoms with van der Waals surface area (Å²) >= 11 is 1.43. The number of piperidine rings is 1. The van der Waals surface area contributed by atoms with Gasteiger partial charge in [-0.15, -0.1) is 0 Å². The maximum Gasteiger partial charge on any atom is 0.229 e. The minimum atomic E-state index is -0.283. The number of halogens is 1. The van der Waals surface area contributed by atoms with E-state index in [9.17, 15) is 14.0 Å². The number of nitrogens with zero attached hydrogens (tertiary/aromatic N) is 2. The largest absolute Gasteiger partial charge is 0.495 e. The number of thiazole rings is 1. The van der Waals surface area contributed by atoms with Gasteiger partial charge in [0.25, 0.3) is 0 Å². The molecule has 0 aliphatic carbocycles. The van der Waals surface area contributed by atoms with Gasteiger partial charge in [0.05, 0.1) is 28.9 Å². The van der Waals surface area contributed by atoms with Crippen LogP contribution in [0, 0.1) is 11.7 Å². The summed E-state index contributed by atoms with van der Waals surface area (Å²) in [5.41, 5.74) is 1.84. The highest BCUT2D eigenvalue weighted by molar-refractivity contribution is 7.22. The molecule has 9 heteroatoms. The summed E-state index contributed by atoms with van der Waals surface area (Å²) in [6.07, 6.45) is 1.61. The highest BCUT2D eigenvalue weighted by Crippen LogP contribution is 2.33. The van der Waals surface area contributed by atoms with Crippen LogP contribution < -0.4 is 20.3 Å². The van der Waals surface area contributed by atoms with Gasteiger partial charge in [0.1, 0.15) is 11.6 Å². The van der Waals surface area contributed by atoms with Gasteiger partial charge in [-0.2, -0.15) is 0 Å². The van der Waals surface area contributed by atoms with Crippen molar-refractivity contribution in [3.8, 4) is 5.75 Å². The van der Waals surface area contributed by atoms with Crippen molar-refractivity contribution in [1.29, 1.82) is 0 Å². The van der Waals surface area contributed by atoms with Crippen molar-refractivity contribution in [2.45, 2.75) is 19.8 Å². The molecule has 1 atom stereocenters. The summed E-state index contributed by atoms with van der Waals surface area (Å²) in [4.78, 5) is 31.0. The molecule has 1 saturated heterocycles. The highest BCUT2D eigenvalue weighted by atomic mass is 32.1. The van der Waals surface area contributed by atoms with Gasteiger partial charge in [0.15, 0.2) is 5.13 Å². The number of benzene rings is 2. The molecule has 4 rings (SSSR count). The van der Waals surface area contributed by atoms with E-state index in [4.69, 9.17) is 4.74 Å². The SMILES string of the molecule is COc1ccc(NC(C)=O)cc1NC(=O)C1CCCN(c2nc3ccc(F)cc3s2)C1. The Balaban J connectivity index is 1.49. The summed E-state index contributed by atoms with van der Waals surface area (Å²) in [6, 6.07) is 9.66. The number of nitrogens with one attached hydrogen (secondary N) is 2. The normalized spacial score (nSPS) is 16.2. The van der Waals surface area contributed by atoms with Gasteiger partial charge in [-0.05, 0) is 49.2 Å². The third-order valence-corrected chi connectivity index (χ3v) is 6.26. The molecule has 2 amide bonds. The lowest BCUT2D eigenvalue weighted by atomic mass is 9.97. The Bertz CT molecular complexity index is 1130. The molecule has 2 heterocycles. The zero-order valence-electron chi connectivity index (χ0n) is 17.3. The Morgan fingerprint density at radius 2 is 2.06 bits per heavy atom. The molecule has 3 aromatic rings. The number of anilines is 3. The molecule has 0 radical (unpaired) electrons. The molecule has 1 aliphatic heterocycles. The molecule has 1 aromatic heterocycles. The average Bonchev–Trinajstić information content (AvgIpc) is 3.17. The third kappa shape index (κ3) is 4.77. The summed E-state index contributed by atoms with van der Waals surface area (Å²) < 4.78 is 19.6. The number of carbonyl (C=O) groups excluding carboxylic acids is 2. The van der Waals surface area contributed by atoms with Crippen LogP contribution >= 0.6 is 11.3 Å². The lowest BCUT2D eigenvalue weighted by Gasteiger charge is -2.31. The number of aromatic nitrogens is 1. The fraction of sp³-hybridized carbons (Fsp3) is 0.318. The van der Waals surface area contributed by atoms with Crippen molar-refractivity contribution in [1.82, 2.24) is 4.98 Å². The lowest BCUT2D eigenvalue weighted by Crippen LogP contribution is -2.40. The van der Waals surface area contributed by atoms with Crippen LogP contribution in [0.3, 0.4) is 0 Å². The third-order valence-electron chi connectivity index (χ3n) is 5.18. The zero-order chi connectivity index (χ0) is 22.0. The molecule has 1 aliphatic rings. The predicted octanol–water partition coefficient (Wildman–Crippen LogP) is 4.26. The van der Waals surface area contributed by atoms with E-state index < -0.39 is 0 Å². The number of hydrogen-bond acceptors (Lipinski definition) is 6. The minimum Gasteiger partial charge on any atom is -0.495 e. The van der Waals surface area contributed by atoms with Crippen LogP contribution in [0.2, 0.25) is 0 Å². The zero-order valence-corrected chi connectivity index (χ0v) is 18.1. The monoisotopic (exact) mass is 442 g/mol. The Labute approximate surface area is 183 Å². The second-order valence-electron chi connectivity index (χ2n) is 7.48. The lowest BCUT2D eigenvalue weighted by molar-refractivity contribution is -0.120. The number of amides is 2. The first-order valence-electron chi connectivity index (χ1n) is 10.0. The molecule has 0 bridgehead atoms. The molecular weight excluding hydrogens is 419 g/mol. The van der Waals surface area contributed by atoms with Gasteiger partial charge in [0.2, 0.25) is 11.8 Å². The van der Waals surface area contributed by atoms with Gasteiger partial charge in [-0.3, -0.25) is 9.59 Å². The van der Waals surface area contributed by atoms with Gasteiger partial charge < -0.3 is 20.3 Å². The Morgan fingerprint density at radius 3 is 2.84 bits per heavy atom. The van der Waals surface area contributed by atoms with E-state index in [1.54, 1.807) is 24.3 Å². The fourth-order valence-electron chi connectivity index (χ4n) is 3.71. The molecule has 2 N–H and O–H groups in total. The van der Waals surface area contributed by atoms with Crippen LogP contribution in [0.4, 0.5) is 20.9 Å². The Kier molecular flexibility index (Phi) is 6.03. The van der Waals surface area contributed by atoms with Crippen LogP contribution in [-0.2, 0) is 9.59 Å². The highest BCUT2D eigenvalue weighted by Gasteiger charge is 2.28. The van der Waals surface area contributed by atoms with E-state index >= 15 is 0 Å². The number of methoxy groups -OCH3 is 1. The fourth-order valence-corrected chi connectivity index (χ4v) is 4.73. The summed E-state index contributed by atoms with van der Waals surface area (Å²) in [6.45, 7) is 2.75. The smallest absolute Gasteiger partial charge is 0.229 e. The Morgan fingerprint density at radius 1 is 1.23 bits per heavy atom. The van der Waals surface area contributed by atoms with Crippen LogP contribution in [0.15, 0.2) is 36.4 Å². The summed E-state index contributed by atoms with van der Waals surface area (Å²) in [7, 11) is 1.53. The van der Waals surface area contributed by atoms with Crippen molar-refractivity contribution in [3.63, 3.8) is 0 Å². The first-order chi connectivity index (χ1) is 14.9. The minimum absolute atomic E-state index is 0.116. The molecule has 162 valence electrons. The van der Waals surface area contributed by atoms with E-state index in [2.05, 4.69) is 20.5 Å². The molecule has 1 fully saturated rings. The van der Waals surface area contributed by atoms with Crippen LogP contribution in [0.1, 0.15) is 19.8 Å². The van der Waals surface area contributed by atoms with Crippen LogP contribution in [0.5, 0.6) is 5.75 Å². The van der Waals surface area contributed by atoms with E-state index in [1.165, 1.54) is 37.5 Å². The molecular formula is C22H23FN4O3S. The Hall–Kier alpha value is -3.20.